The summed E-state index contributed by atoms with van der Waals surface area (Å²) in [7, 11) is 0. The van der Waals surface area contributed by atoms with Gasteiger partial charge in [0.25, 0.3) is 0 Å². The second-order valence-electron chi connectivity index (χ2n) is 4.63. The Balaban J connectivity index is 2.20. The van der Waals surface area contributed by atoms with Gasteiger partial charge in [-0.3, -0.25) is 4.68 Å². The lowest BCUT2D eigenvalue weighted by atomic mass is 10.1. The summed E-state index contributed by atoms with van der Waals surface area (Å²) in [6, 6.07) is 8.20. The molecule has 0 spiro atoms. The van der Waals surface area contributed by atoms with Crippen molar-refractivity contribution in [2.45, 2.75) is 46.8 Å². The molecule has 0 aliphatic heterocycles. The summed E-state index contributed by atoms with van der Waals surface area (Å²) in [5.41, 5.74) is 3.44. The molecule has 0 fully saturated rings. The van der Waals surface area contributed by atoms with Gasteiger partial charge < -0.3 is 4.74 Å². The van der Waals surface area contributed by atoms with Crippen molar-refractivity contribution in [3.63, 3.8) is 0 Å². The van der Waals surface area contributed by atoms with E-state index in [0.29, 0.717) is 6.61 Å². The van der Waals surface area contributed by atoms with Crippen LogP contribution in [0, 0.1) is 0 Å². The Labute approximate surface area is 129 Å². The SMILES string of the molecule is CCc1ccccc1OCc1c(Br)c(CC)nn1CC. The van der Waals surface area contributed by atoms with Crippen LogP contribution in [0.25, 0.3) is 0 Å². The Kier molecular flexibility index (Phi) is 5.24. The summed E-state index contributed by atoms with van der Waals surface area (Å²) in [5, 5.41) is 4.59. The largest absolute Gasteiger partial charge is 0.487 e. The molecule has 2 rings (SSSR count). The Morgan fingerprint density at radius 2 is 1.90 bits per heavy atom. The summed E-state index contributed by atoms with van der Waals surface area (Å²) < 4.78 is 9.10. The quantitative estimate of drug-likeness (QED) is 0.783. The van der Waals surface area contributed by atoms with E-state index in [9.17, 15) is 0 Å². The van der Waals surface area contributed by atoms with Gasteiger partial charge >= 0.3 is 0 Å². The van der Waals surface area contributed by atoms with Crippen molar-refractivity contribution in [1.29, 1.82) is 0 Å². The second-order valence-corrected chi connectivity index (χ2v) is 5.42. The third-order valence-corrected chi connectivity index (χ3v) is 4.33. The van der Waals surface area contributed by atoms with E-state index in [-0.39, 0.29) is 0 Å². The monoisotopic (exact) mass is 336 g/mol. The standard InChI is InChI=1S/C16H21BrN2O/c1-4-12-9-7-8-10-15(12)20-11-14-16(17)13(5-2)18-19(14)6-3/h7-10H,4-6,11H2,1-3H3. The van der Waals surface area contributed by atoms with Crippen LogP contribution in [0.2, 0.25) is 0 Å². The molecule has 1 aromatic carbocycles. The lowest BCUT2D eigenvalue weighted by molar-refractivity contribution is 0.289. The van der Waals surface area contributed by atoms with E-state index < -0.39 is 0 Å². The van der Waals surface area contributed by atoms with Gasteiger partial charge in [-0.15, -0.1) is 0 Å². The van der Waals surface area contributed by atoms with Gasteiger partial charge in [0.1, 0.15) is 12.4 Å². The predicted octanol–water partition coefficient (Wildman–Crippen LogP) is 4.37. The van der Waals surface area contributed by atoms with E-state index >= 15 is 0 Å². The topological polar surface area (TPSA) is 27.1 Å². The Hall–Kier alpha value is -1.29. The molecule has 1 heterocycles. The first-order chi connectivity index (χ1) is 9.71. The van der Waals surface area contributed by atoms with Crippen molar-refractivity contribution in [1.82, 2.24) is 9.78 Å². The van der Waals surface area contributed by atoms with Crippen LogP contribution in [0.3, 0.4) is 0 Å². The second kappa shape index (κ2) is 6.93. The van der Waals surface area contributed by atoms with Gasteiger partial charge in [-0.2, -0.15) is 5.10 Å². The molecule has 0 aliphatic carbocycles. The fourth-order valence-electron chi connectivity index (χ4n) is 2.24. The van der Waals surface area contributed by atoms with Gasteiger partial charge in [-0.25, -0.2) is 0 Å². The average molecular weight is 337 g/mol. The molecule has 0 bridgehead atoms. The number of halogens is 1. The van der Waals surface area contributed by atoms with E-state index in [0.717, 1.165) is 41.0 Å². The van der Waals surface area contributed by atoms with Crippen molar-refractivity contribution in [2.75, 3.05) is 0 Å². The third kappa shape index (κ3) is 3.06. The Bertz CT molecular complexity index is 578. The number of hydrogen-bond donors (Lipinski definition) is 0. The maximum Gasteiger partial charge on any atom is 0.131 e. The summed E-state index contributed by atoms with van der Waals surface area (Å²) in [4.78, 5) is 0. The van der Waals surface area contributed by atoms with Gasteiger partial charge in [0.05, 0.1) is 15.9 Å². The number of hydrogen-bond acceptors (Lipinski definition) is 2. The molecule has 108 valence electrons. The average Bonchev–Trinajstić information content (AvgIpc) is 2.81. The summed E-state index contributed by atoms with van der Waals surface area (Å²) in [5.74, 6) is 0.962. The van der Waals surface area contributed by atoms with Crippen LogP contribution in [0.1, 0.15) is 37.7 Å². The number of ether oxygens (including phenoxy) is 1. The van der Waals surface area contributed by atoms with Crippen molar-refractivity contribution >= 4 is 15.9 Å². The number of nitrogens with zero attached hydrogens (tertiary/aromatic N) is 2. The molecular weight excluding hydrogens is 316 g/mol. The lowest BCUT2D eigenvalue weighted by Gasteiger charge is -2.11. The van der Waals surface area contributed by atoms with E-state index in [4.69, 9.17) is 4.74 Å². The van der Waals surface area contributed by atoms with Gasteiger partial charge in [0.15, 0.2) is 0 Å². The number of aromatic nitrogens is 2. The van der Waals surface area contributed by atoms with E-state index in [1.54, 1.807) is 0 Å². The number of aryl methyl sites for hydroxylation is 3. The minimum atomic E-state index is 0.540. The molecule has 2 aromatic rings. The van der Waals surface area contributed by atoms with Gasteiger partial charge in [0, 0.05) is 6.54 Å². The Morgan fingerprint density at radius 3 is 2.55 bits per heavy atom. The summed E-state index contributed by atoms with van der Waals surface area (Å²) in [6.45, 7) is 7.75. The van der Waals surface area contributed by atoms with Crippen LogP contribution in [0.4, 0.5) is 0 Å². The maximum atomic E-state index is 6.00. The van der Waals surface area contributed by atoms with Gasteiger partial charge in [0.2, 0.25) is 0 Å². The highest BCUT2D eigenvalue weighted by Gasteiger charge is 2.14. The lowest BCUT2D eigenvalue weighted by Crippen LogP contribution is -2.07. The van der Waals surface area contributed by atoms with Crippen LogP contribution >= 0.6 is 15.9 Å². The Morgan fingerprint density at radius 1 is 1.15 bits per heavy atom. The zero-order chi connectivity index (χ0) is 14.5. The molecule has 3 nitrogen and oxygen atoms in total. The normalized spacial score (nSPS) is 10.8. The number of benzene rings is 1. The van der Waals surface area contributed by atoms with E-state index in [2.05, 4.69) is 47.9 Å². The molecule has 0 saturated heterocycles. The van der Waals surface area contributed by atoms with Gasteiger partial charge in [-0.1, -0.05) is 32.0 Å². The molecule has 0 radical (unpaired) electrons. The smallest absolute Gasteiger partial charge is 0.131 e. The molecule has 4 heteroatoms. The summed E-state index contributed by atoms with van der Waals surface area (Å²) in [6.07, 6.45) is 1.90. The first-order valence-electron chi connectivity index (χ1n) is 7.15. The molecular formula is C16H21BrN2O. The minimum Gasteiger partial charge on any atom is -0.487 e. The highest BCUT2D eigenvalue weighted by atomic mass is 79.9. The van der Waals surface area contributed by atoms with Crippen molar-refractivity contribution in [3.8, 4) is 5.75 Å². The molecule has 0 atom stereocenters. The highest BCUT2D eigenvalue weighted by molar-refractivity contribution is 9.10. The molecule has 0 amide bonds. The van der Waals surface area contributed by atoms with E-state index in [1.165, 1.54) is 5.56 Å². The van der Waals surface area contributed by atoms with Gasteiger partial charge in [-0.05, 0) is 47.3 Å². The zero-order valence-corrected chi connectivity index (χ0v) is 13.9. The molecule has 1 aromatic heterocycles. The van der Waals surface area contributed by atoms with Crippen LogP contribution in [0.5, 0.6) is 5.75 Å². The molecule has 0 N–H and O–H groups in total. The van der Waals surface area contributed by atoms with Crippen molar-refractivity contribution in [3.05, 3.63) is 45.7 Å². The van der Waals surface area contributed by atoms with Crippen LogP contribution in [-0.2, 0) is 26.0 Å². The predicted molar refractivity (Wildman–Crippen MR) is 85.1 cm³/mol. The van der Waals surface area contributed by atoms with Crippen LogP contribution in [-0.4, -0.2) is 9.78 Å². The zero-order valence-electron chi connectivity index (χ0n) is 12.3. The number of para-hydroxylation sites is 1. The van der Waals surface area contributed by atoms with Crippen molar-refractivity contribution < 1.29 is 4.74 Å². The molecule has 0 saturated carbocycles. The maximum absolute atomic E-state index is 6.00. The minimum absolute atomic E-state index is 0.540. The van der Waals surface area contributed by atoms with Crippen molar-refractivity contribution in [2.24, 2.45) is 0 Å². The summed E-state index contributed by atoms with van der Waals surface area (Å²) >= 11 is 3.65. The van der Waals surface area contributed by atoms with Crippen LogP contribution < -0.4 is 4.74 Å². The van der Waals surface area contributed by atoms with E-state index in [1.807, 2.05) is 22.9 Å². The first-order valence-corrected chi connectivity index (χ1v) is 7.95. The van der Waals surface area contributed by atoms with Crippen LogP contribution in [0.15, 0.2) is 28.7 Å². The number of rotatable bonds is 6. The fraction of sp³-hybridized carbons (Fsp3) is 0.438. The molecule has 0 aliphatic rings. The highest BCUT2D eigenvalue weighted by Crippen LogP contribution is 2.25. The first kappa shape index (κ1) is 15.1. The third-order valence-electron chi connectivity index (χ3n) is 3.41. The fourth-order valence-corrected chi connectivity index (χ4v) is 2.92. The molecule has 0 unspecified atom stereocenters. The molecule has 20 heavy (non-hydrogen) atoms.